The van der Waals surface area contributed by atoms with Crippen molar-refractivity contribution in [3.8, 4) is 47.9 Å². The van der Waals surface area contributed by atoms with Crippen molar-refractivity contribution in [2.75, 3.05) is 85.9 Å². The molecule has 0 amide bonds. The number of rotatable bonds is 29. The van der Waals surface area contributed by atoms with Crippen LogP contribution in [0.25, 0.3) is 0 Å². The monoisotopic (exact) mass is 1140 g/mol. The van der Waals surface area contributed by atoms with Crippen molar-refractivity contribution in [3.05, 3.63) is 11.3 Å². The van der Waals surface area contributed by atoms with Crippen LogP contribution in [0.1, 0.15) is 224 Å². The molecular formula is C66H142O13. The Morgan fingerprint density at radius 3 is 1.39 bits per heavy atom. The van der Waals surface area contributed by atoms with Gasteiger partial charge in [0.05, 0.1) is 84.7 Å². The van der Waals surface area contributed by atoms with Crippen molar-refractivity contribution in [1.29, 1.82) is 0 Å². The molecule has 13 nitrogen and oxygen atoms in total. The second-order valence-corrected chi connectivity index (χ2v) is 20.0. The SMILES string of the molecule is C.C.C.C.C.C.C.C.C.C.C#C/C(CC(C)C)=C(/C)OCCO.CC(C)(O)C#CC(C)(C)OCCO.CC(C)CC(C)CC(C)(C#CC(C)(COCCO)C(C)CC(C)C)OCCO.CCC(C#CC(C)OCCO)OCCO. The van der Waals surface area contributed by atoms with Gasteiger partial charge in [0, 0.05) is 5.57 Å². The lowest BCUT2D eigenvalue weighted by Crippen LogP contribution is -2.34. The zero-order valence-electron chi connectivity index (χ0n) is 46.4. The molecule has 13 heteroatoms. The summed E-state index contributed by atoms with van der Waals surface area (Å²) < 4.78 is 32.6. The number of aliphatic hydroxyl groups excluding tert-OH is 6. The van der Waals surface area contributed by atoms with Crippen LogP contribution in [-0.2, 0) is 28.4 Å². The highest BCUT2D eigenvalue weighted by molar-refractivity contribution is 5.28. The summed E-state index contributed by atoms with van der Waals surface area (Å²) in [6.45, 7) is 36.5. The van der Waals surface area contributed by atoms with E-state index < -0.39 is 16.8 Å². The zero-order valence-corrected chi connectivity index (χ0v) is 46.4. The van der Waals surface area contributed by atoms with Crippen molar-refractivity contribution < 1.29 is 64.2 Å². The van der Waals surface area contributed by atoms with E-state index in [0.717, 1.165) is 43.4 Å². The molecule has 0 heterocycles. The minimum Gasteiger partial charge on any atom is -0.495 e. The summed E-state index contributed by atoms with van der Waals surface area (Å²) in [6.07, 6.45) is 9.64. The van der Waals surface area contributed by atoms with E-state index in [1.54, 1.807) is 27.7 Å². The maximum absolute atomic E-state index is 9.33. The molecule has 0 radical (unpaired) electrons. The summed E-state index contributed by atoms with van der Waals surface area (Å²) in [5.74, 6) is 24.2. The van der Waals surface area contributed by atoms with E-state index in [-0.39, 0.29) is 138 Å². The highest BCUT2D eigenvalue weighted by atomic mass is 16.5. The number of hydrogen-bond donors (Lipinski definition) is 7. The highest BCUT2D eigenvalue weighted by Gasteiger charge is 2.32. The van der Waals surface area contributed by atoms with E-state index in [1.807, 2.05) is 27.7 Å². The Kier molecular flexibility index (Phi) is 93.3. The summed E-state index contributed by atoms with van der Waals surface area (Å²) in [7, 11) is 0. The molecule has 0 aliphatic rings. The fourth-order valence-electron chi connectivity index (χ4n) is 6.44. The van der Waals surface area contributed by atoms with Gasteiger partial charge in [0.1, 0.15) is 41.4 Å². The first-order chi connectivity index (χ1) is 32.1. The van der Waals surface area contributed by atoms with Crippen LogP contribution in [0.15, 0.2) is 11.3 Å². The van der Waals surface area contributed by atoms with Crippen LogP contribution >= 0.6 is 0 Å². The van der Waals surface area contributed by atoms with Gasteiger partial charge in [-0.2, -0.15) is 0 Å². The maximum Gasteiger partial charge on any atom is 0.126 e. The fraction of sp³-hybridized carbons (Fsp3) is 0.848. The molecule has 0 fully saturated rings. The Morgan fingerprint density at radius 2 is 0.987 bits per heavy atom. The Morgan fingerprint density at radius 1 is 0.532 bits per heavy atom. The lowest BCUT2D eigenvalue weighted by atomic mass is 9.74. The van der Waals surface area contributed by atoms with Crippen molar-refractivity contribution in [3.63, 3.8) is 0 Å². The third kappa shape index (κ3) is 71.4. The van der Waals surface area contributed by atoms with Crippen molar-refractivity contribution >= 4 is 0 Å². The number of terminal acetylenes is 1. The molecule has 0 saturated heterocycles. The van der Waals surface area contributed by atoms with E-state index in [2.05, 4.69) is 104 Å². The standard InChI is InChI=1S/C24H46O4.C11H20O4.C11H18O2.C10H18O3.10CH4/c1-19(2)15-21(5)17-24(8,28-14-12-26)10-9-23(7,18-27-13-11-25)22(6)16-20(3)4;1-3-11(15-9-7-13)5-4-10(2)14-8-6-12;1-5-11(8-9(2)3)10(4)13-7-6-12;1-9(2,12)5-6-10(3,4)13-8-7-11;;;;;;;;;;/h19-22,25-26H,11-18H2,1-8H3;10-13H,3,6-9H2,1-2H3;1,9,12H,6-8H2,2-4H3;11-12H,7-8H2,1-4H3;10*1H4/b;;11-10+;;;;;;;;;;;. The largest absolute Gasteiger partial charge is 0.495 e. The predicted molar refractivity (Wildman–Crippen MR) is 347 cm³/mol. The van der Waals surface area contributed by atoms with E-state index in [9.17, 15) is 10.2 Å². The summed E-state index contributed by atoms with van der Waals surface area (Å²) >= 11 is 0. The predicted octanol–water partition coefficient (Wildman–Crippen LogP) is 13.6. The van der Waals surface area contributed by atoms with E-state index in [1.165, 1.54) is 0 Å². The van der Waals surface area contributed by atoms with Crippen LogP contribution in [0.5, 0.6) is 0 Å². The molecule has 6 unspecified atom stereocenters. The van der Waals surface area contributed by atoms with Gasteiger partial charge in [0.15, 0.2) is 0 Å². The van der Waals surface area contributed by atoms with Gasteiger partial charge in [-0.15, -0.1) is 6.42 Å². The lowest BCUT2D eigenvalue weighted by molar-refractivity contribution is -0.0213. The van der Waals surface area contributed by atoms with Gasteiger partial charge in [-0.25, -0.2) is 0 Å². The van der Waals surface area contributed by atoms with E-state index in [4.69, 9.17) is 60.4 Å². The average molecular weight is 1140 g/mol. The molecule has 484 valence electrons. The lowest BCUT2D eigenvalue weighted by Gasteiger charge is -2.33. The fourth-order valence-corrected chi connectivity index (χ4v) is 6.44. The molecule has 0 bridgehead atoms. The summed E-state index contributed by atoms with van der Waals surface area (Å²) in [5, 5.41) is 61.8. The molecule has 0 aromatic rings. The van der Waals surface area contributed by atoms with Gasteiger partial charge in [0.2, 0.25) is 0 Å². The van der Waals surface area contributed by atoms with E-state index in [0.29, 0.717) is 69.2 Å². The maximum atomic E-state index is 9.33. The van der Waals surface area contributed by atoms with Crippen LogP contribution in [0.4, 0.5) is 0 Å². The van der Waals surface area contributed by atoms with Crippen LogP contribution in [0.2, 0.25) is 0 Å². The van der Waals surface area contributed by atoms with Gasteiger partial charge in [-0.3, -0.25) is 0 Å². The molecular weight excluding hydrogens is 1000 g/mol. The van der Waals surface area contributed by atoms with Gasteiger partial charge in [0.25, 0.3) is 0 Å². The minimum atomic E-state index is -1.00. The first-order valence-electron chi connectivity index (χ1n) is 25.0. The normalized spacial score (nSPS) is 13.2. The van der Waals surface area contributed by atoms with Crippen LogP contribution in [0, 0.1) is 82.9 Å². The number of hydrogen-bond acceptors (Lipinski definition) is 13. The third-order valence-corrected chi connectivity index (χ3v) is 9.82. The number of allylic oxidation sites excluding steroid dienone is 2. The molecule has 0 aliphatic heterocycles. The Hall–Kier alpha value is -2.70. The topological polar surface area (TPSA) is 197 Å². The van der Waals surface area contributed by atoms with Crippen LogP contribution < -0.4 is 0 Å². The molecule has 0 rings (SSSR count). The van der Waals surface area contributed by atoms with Gasteiger partial charge >= 0.3 is 0 Å². The zero-order chi connectivity index (χ0) is 54.1. The van der Waals surface area contributed by atoms with Crippen LogP contribution in [0.3, 0.4) is 0 Å². The Bertz CT molecular complexity index is 1510. The van der Waals surface area contributed by atoms with Crippen molar-refractivity contribution in [2.45, 2.75) is 253 Å². The molecule has 0 aromatic heterocycles. The van der Waals surface area contributed by atoms with Gasteiger partial charge in [-0.1, -0.05) is 178 Å². The van der Waals surface area contributed by atoms with Crippen molar-refractivity contribution in [2.24, 2.45) is 35.0 Å². The quantitative estimate of drug-likeness (QED) is 0.0212. The third-order valence-electron chi connectivity index (χ3n) is 9.82. The minimum absolute atomic E-state index is 0. The molecule has 79 heavy (non-hydrogen) atoms. The second-order valence-electron chi connectivity index (χ2n) is 20.0. The molecule has 0 spiro atoms. The first kappa shape index (κ1) is 111. The number of aliphatic hydroxyl groups is 7. The highest BCUT2D eigenvalue weighted by Crippen LogP contribution is 2.33. The molecule has 7 N–H and O–H groups in total. The second kappa shape index (κ2) is 66.1. The summed E-state index contributed by atoms with van der Waals surface area (Å²) in [5.41, 5.74) is -1.64. The number of ether oxygens (including phenoxy) is 6. The van der Waals surface area contributed by atoms with Crippen LogP contribution in [-0.4, -0.2) is 151 Å². The van der Waals surface area contributed by atoms with Crippen molar-refractivity contribution in [1.82, 2.24) is 0 Å². The molecule has 0 saturated carbocycles. The first-order valence-corrected chi connectivity index (χ1v) is 25.0. The molecule has 0 aromatic carbocycles. The molecule has 0 aliphatic carbocycles. The van der Waals surface area contributed by atoms with E-state index >= 15 is 0 Å². The van der Waals surface area contributed by atoms with Gasteiger partial charge < -0.3 is 64.2 Å². The summed E-state index contributed by atoms with van der Waals surface area (Å²) in [6, 6.07) is 0. The Balaban J connectivity index is -0.0000000602. The Labute approximate surface area is 495 Å². The molecule has 6 atom stereocenters. The summed E-state index contributed by atoms with van der Waals surface area (Å²) in [4.78, 5) is 0. The van der Waals surface area contributed by atoms with Gasteiger partial charge in [-0.05, 0) is 117 Å². The average Bonchev–Trinajstić information content (AvgIpc) is 3.26. The smallest absolute Gasteiger partial charge is 0.126 e.